The van der Waals surface area contributed by atoms with Gasteiger partial charge < -0.3 is 4.90 Å². The van der Waals surface area contributed by atoms with E-state index < -0.39 is 0 Å². The van der Waals surface area contributed by atoms with Crippen molar-refractivity contribution in [2.75, 3.05) is 24.7 Å². The summed E-state index contributed by atoms with van der Waals surface area (Å²) >= 11 is 0. The number of nitrogens with one attached hydrogen (secondary N) is 1. The fourth-order valence-corrected chi connectivity index (χ4v) is 3.83. The lowest BCUT2D eigenvalue weighted by atomic mass is 10.0. The molecule has 0 spiro atoms. The molecule has 1 aliphatic heterocycles. The number of H-pyrrole nitrogens is 1. The lowest BCUT2D eigenvalue weighted by Crippen LogP contribution is -2.21. The maximum absolute atomic E-state index is 14.6. The third-order valence-electron chi connectivity index (χ3n) is 5.39. The molecular weight excluding hydrogens is 376 g/mol. The molecule has 1 aromatic carbocycles. The largest absolute Gasteiger partial charge is 0.356 e. The summed E-state index contributed by atoms with van der Waals surface area (Å²) in [6, 6.07) is 5.04. The van der Waals surface area contributed by atoms with Crippen LogP contribution >= 0.6 is 0 Å². The molecule has 4 heterocycles. The van der Waals surface area contributed by atoms with Crippen LogP contribution in [-0.2, 0) is 7.05 Å². The Balaban J connectivity index is 1.56. The van der Waals surface area contributed by atoms with Crippen molar-refractivity contribution in [3.63, 3.8) is 0 Å². The van der Waals surface area contributed by atoms with Crippen molar-refractivity contribution in [2.45, 2.75) is 6.42 Å². The van der Waals surface area contributed by atoms with Crippen molar-refractivity contribution in [1.29, 1.82) is 0 Å². The van der Waals surface area contributed by atoms with E-state index in [9.17, 15) is 8.78 Å². The van der Waals surface area contributed by atoms with Crippen LogP contribution in [0.1, 0.15) is 6.42 Å². The van der Waals surface area contributed by atoms with E-state index in [1.807, 2.05) is 6.07 Å². The van der Waals surface area contributed by atoms with Gasteiger partial charge in [0.15, 0.2) is 0 Å². The van der Waals surface area contributed by atoms with Gasteiger partial charge in [-0.1, -0.05) is 0 Å². The minimum Gasteiger partial charge on any atom is -0.356 e. The molecule has 0 radical (unpaired) electrons. The van der Waals surface area contributed by atoms with Crippen LogP contribution in [0.3, 0.4) is 0 Å². The maximum Gasteiger partial charge on any atom is 0.133 e. The van der Waals surface area contributed by atoms with E-state index in [1.165, 1.54) is 12.4 Å². The van der Waals surface area contributed by atoms with Crippen LogP contribution < -0.4 is 4.90 Å². The summed E-state index contributed by atoms with van der Waals surface area (Å²) < 4.78 is 29.2. The number of aryl methyl sites for hydroxylation is 1. The number of rotatable bonds is 4. The van der Waals surface area contributed by atoms with E-state index in [0.29, 0.717) is 34.6 Å². The standard InChI is InChI=1S/C20H19F2N7/c1-28-10-13(8-25-28)14-4-15-17(5-16(14)22)26-27-20(15)18-6-19(24-11-23-18)29-3-2-12(7-21)9-29/h4-6,8,10-12H,2-3,7,9H2,1H3,(H,26,27)/t12-/m1/s1. The van der Waals surface area contributed by atoms with Crippen LogP contribution in [0.4, 0.5) is 14.6 Å². The molecule has 5 rings (SSSR count). The van der Waals surface area contributed by atoms with Gasteiger partial charge in [0.2, 0.25) is 0 Å². The minimum absolute atomic E-state index is 0.0460. The predicted octanol–water partition coefficient (Wildman–Crippen LogP) is 3.36. The van der Waals surface area contributed by atoms with E-state index in [2.05, 4.69) is 30.2 Å². The van der Waals surface area contributed by atoms with Gasteiger partial charge in [-0.15, -0.1) is 0 Å². The molecule has 29 heavy (non-hydrogen) atoms. The zero-order valence-corrected chi connectivity index (χ0v) is 15.8. The maximum atomic E-state index is 14.6. The van der Waals surface area contributed by atoms with E-state index in [0.717, 1.165) is 24.2 Å². The number of alkyl halides is 1. The first-order valence-corrected chi connectivity index (χ1v) is 9.42. The Kier molecular flexibility index (Phi) is 4.22. The van der Waals surface area contributed by atoms with Crippen molar-refractivity contribution in [3.8, 4) is 22.5 Å². The number of halogens is 2. The SMILES string of the molecule is Cn1cc(-c2cc3c(-c4cc(N5CC[C@H](CF)C5)ncn4)n[nH]c3cc2F)cn1. The molecule has 1 aliphatic rings. The molecule has 3 aromatic heterocycles. The number of nitrogens with zero attached hydrogens (tertiary/aromatic N) is 6. The summed E-state index contributed by atoms with van der Waals surface area (Å²) in [6.45, 7) is 1.09. The van der Waals surface area contributed by atoms with Crippen LogP contribution in [0, 0.1) is 11.7 Å². The molecule has 0 bridgehead atoms. The third kappa shape index (κ3) is 3.12. The van der Waals surface area contributed by atoms with Gasteiger partial charge >= 0.3 is 0 Å². The fraction of sp³-hybridized carbons (Fsp3) is 0.300. The van der Waals surface area contributed by atoms with Crippen molar-refractivity contribution < 1.29 is 8.78 Å². The number of aromatic amines is 1. The number of anilines is 1. The summed E-state index contributed by atoms with van der Waals surface area (Å²) in [5, 5.41) is 12.1. The molecule has 4 aromatic rings. The summed E-state index contributed by atoms with van der Waals surface area (Å²) in [5.74, 6) is 0.444. The first kappa shape index (κ1) is 17.7. The second kappa shape index (κ2) is 6.91. The zero-order chi connectivity index (χ0) is 20.0. The quantitative estimate of drug-likeness (QED) is 0.574. The molecule has 0 unspecified atom stereocenters. The predicted molar refractivity (Wildman–Crippen MR) is 106 cm³/mol. The Morgan fingerprint density at radius 1 is 1.24 bits per heavy atom. The molecule has 9 heteroatoms. The Hall–Kier alpha value is -3.36. The Morgan fingerprint density at radius 2 is 2.14 bits per heavy atom. The van der Waals surface area contributed by atoms with Crippen LogP contribution in [0.25, 0.3) is 33.4 Å². The fourth-order valence-electron chi connectivity index (χ4n) is 3.83. The molecule has 1 saturated heterocycles. The van der Waals surface area contributed by atoms with Crippen LogP contribution in [-0.4, -0.2) is 49.7 Å². The lowest BCUT2D eigenvalue weighted by molar-refractivity contribution is 0.384. The minimum atomic E-state index is -0.349. The van der Waals surface area contributed by atoms with E-state index >= 15 is 0 Å². The smallest absolute Gasteiger partial charge is 0.133 e. The molecule has 0 aliphatic carbocycles. The average molecular weight is 395 g/mol. The lowest BCUT2D eigenvalue weighted by Gasteiger charge is -2.17. The van der Waals surface area contributed by atoms with Crippen molar-refractivity contribution in [3.05, 3.63) is 42.7 Å². The van der Waals surface area contributed by atoms with Gasteiger partial charge in [0.1, 0.15) is 23.7 Å². The monoisotopic (exact) mass is 395 g/mol. The highest BCUT2D eigenvalue weighted by Crippen LogP contribution is 2.33. The van der Waals surface area contributed by atoms with Crippen molar-refractivity contribution in [1.82, 2.24) is 29.9 Å². The molecular formula is C20H19F2N7. The summed E-state index contributed by atoms with van der Waals surface area (Å²) in [7, 11) is 1.79. The van der Waals surface area contributed by atoms with Gasteiger partial charge in [0.25, 0.3) is 0 Å². The average Bonchev–Trinajstić information content (AvgIpc) is 3.46. The number of hydrogen-bond donors (Lipinski definition) is 1. The Bertz CT molecular complexity index is 1180. The summed E-state index contributed by atoms with van der Waals surface area (Å²) in [4.78, 5) is 10.8. The number of benzene rings is 1. The molecule has 0 amide bonds. The van der Waals surface area contributed by atoms with Crippen molar-refractivity contribution in [2.24, 2.45) is 13.0 Å². The third-order valence-corrected chi connectivity index (χ3v) is 5.39. The first-order chi connectivity index (χ1) is 14.1. The topological polar surface area (TPSA) is 75.5 Å². The first-order valence-electron chi connectivity index (χ1n) is 9.42. The second-order valence-electron chi connectivity index (χ2n) is 7.37. The molecule has 1 fully saturated rings. The zero-order valence-electron chi connectivity index (χ0n) is 15.8. The van der Waals surface area contributed by atoms with E-state index in [1.54, 1.807) is 30.2 Å². The molecule has 7 nitrogen and oxygen atoms in total. The van der Waals surface area contributed by atoms with Gasteiger partial charge in [-0.3, -0.25) is 14.2 Å². The highest BCUT2D eigenvalue weighted by atomic mass is 19.1. The summed E-state index contributed by atoms with van der Waals surface area (Å²) in [6.07, 6.45) is 5.69. The molecule has 1 atom stereocenters. The highest BCUT2D eigenvalue weighted by molar-refractivity contribution is 5.95. The molecule has 148 valence electrons. The van der Waals surface area contributed by atoms with E-state index in [4.69, 9.17) is 0 Å². The normalized spacial score (nSPS) is 16.8. The summed E-state index contributed by atoms with van der Waals surface area (Å²) in [5.41, 5.74) is 2.98. The number of hydrogen-bond acceptors (Lipinski definition) is 5. The Labute approximate surface area is 165 Å². The van der Waals surface area contributed by atoms with Crippen LogP contribution in [0.5, 0.6) is 0 Å². The molecule has 1 N–H and O–H groups in total. The van der Waals surface area contributed by atoms with Crippen LogP contribution in [0.15, 0.2) is 36.9 Å². The second-order valence-corrected chi connectivity index (χ2v) is 7.37. The highest BCUT2D eigenvalue weighted by Gasteiger charge is 2.24. The van der Waals surface area contributed by atoms with Gasteiger partial charge in [-0.05, 0) is 12.5 Å². The van der Waals surface area contributed by atoms with Gasteiger partial charge in [-0.25, -0.2) is 14.4 Å². The van der Waals surface area contributed by atoms with Crippen molar-refractivity contribution >= 4 is 16.7 Å². The van der Waals surface area contributed by atoms with Gasteiger partial charge in [0.05, 0.1) is 24.1 Å². The Morgan fingerprint density at radius 3 is 2.90 bits per heavy atom. The van der Waals surface area contributed by atoms with E-state index in [-0.39, 0.29) is 18.4 Å². The van der Waals surface area contributed by atoms with Crippen LogP contribution in [0.2, 0.25) is 0 Å². The van der Waals surface area contributed by atoms with Gasteiger partial charge in [-0.2, -0.15) is 10.2 Å². The van der Waals surface area contributed by atoms with Gasteiger partial charge in [0, 0.05) is 60.9 Å². The number of aromatic nitrogens is 6. The number of fused-ring (bicyclic) bond motifs is 1. The molecule has 0 saturated carbocycles.